The van der Waals surface area contributed by atoms with Crippen LogP contribution in [0.1, 0.15) is 40.5 Å². The minimum Gasteiger partial charge on any atom is -0.466 e. The van der Waals surface area contributed by atoms with Gasteiger partial charge in [0.05, 0.1) is 12.5 Å². The van der Waals surface area contributed by atoms with E-state index in [1.165, 1.54) is 0 Å². The van der Waals surface area contributed by atoms with E-state index in [9.17, 15) is 19.5 Å². The van der Waals surface area contributed by atoms with Gasteiger partial charge in [-0.2, -0.15) is 0 Å². The van der Waals surface area contributed by atoms with E-state index in [0.717, 1.165) is 0 Å². The van der Waals surface area contributed by atoms with Gasteiger partial charge < -0.3 is 20.9 Å². The minimum absolute atomic E-state index is 0.0360. The zero-order valence-electron chi connectivity index (χ0n) is 13.1. The van der Waals surface area contributed by atoms with Crippen molar-refractivity contribution in [2.45, 2.75) is 52.7 Å². The van der Waals surface area contributed by atoms with E-state index in [-0.39, 0.29) is 25.4 Å². The topological polar surface area (TPSA) is 119 Å². The highest BCUT2D eigenvalue weighted by Crippen LogP contribution is 2.10. The normalized spacial score (nSPS) is 15.1. The average Bonchev–Trinajstić information content (AvgIpc) is 2.36. The van der Waals surface area contributed by atoms with Crippen LogP contribution in [0.5, 0.6) is 0 Å². The third-order valence-electron chi connectivity index (χ3n) is 2.94. The summed E-state index contributed by atoms with van der Waals surface area (Å²) in [6.45, 7) is 7.24. The summed E-state index contributed by atoms with van der Waals surface area (Å²) in [5.41, 5.74) is 5.22. The van der Waals surface area contributed by atoms with Gasteiger partial charge in [-0.3, -0.25) is 14.4 Å². The summed E-state index contributed by atoms with van der Waals surface area (Å²) in [7, 11) is 0. The highest BCUT2D eigenvalue weighted by molar-refractivity contribution is 5.88. The smallest absolute Gasteiger partial charge is 0.308 e. The number of primary amides is 1. The Morgan fingerprint density at radius 3 is 2.19 bits per heavy atom. The summed E-state index contributed by atoms with van der Waals surface area (Å²) in [4.78, 5) is 34.7. The predicted octanol–water partition coefficient (Wildman–Crippen LogP) is -0.0472. The number of rotatable bonds is 9. The minimum atomic E-state index is -1.20. The van der Waals surface area contributed by atoms with E-state index in [0.29, 0.717) is 0 Å². The molecule has 0 spiro atoms. The molecule has 0 aromatic carbocycles. The number of carbonyl (C=O) groups excluding carboxylic acids is 3. The van der Waals surface area contributed by atoms with Gasteiger partial charge in [-0.25, -0.2) is 0 Å². The molecule has 7 heteroatoms. The van der Waals surface area contributed by atoms with Crippen LogP contribution in [0.4, 0.5) is 0 Å². The van der Waals surface area contributed by atoms with Crippen LogP contribution in [0.3, 0.4) is 0 Å². The van der Waals surface area contributed by atoms with Crippen molar-refractivity contribution in [2.24, 2.45) is 17.6 Å². The lowest BCUT2D eigenvalue weighted by atomic mass is 10.00. The van der Waals surface area contributed by atoms with Gasteiger partial charge >= 0.3 is 5.97 Å². The van der Waals surface area contributed by atoms with Gasteiger partial charge in [-0.1, -0.05) is 20.8 Å². The number of aliphatic hydroxyl groups excluding tert-OH is 1. The Morgan fingerprint density at radius 2 is 1.76 bits per heavy atom. The van der Waals surface area contributed by atoms with E-state index in [1.807, 2.05) is 13.8 Å². The molecule has 2 amide bonds. The Balaban J connectivity index is 4.59. The largest absolute Gasteiger partial charge is 0.466 e. The molecule has 0 aromatic rings. The number of amides is 2. The maximum absolute atomic E-state index is 11.8. The first kappa shape index (κ1) is 19.4. The van der Waals surface area contributed by atoms with Gasteiger partial charge in [0, 0.05) is 0 Å². The number of aliphatic hydroxyl groups is 1. The second-order valence-corrected chi connectivity index (χ2v) is 5.50. The number of nitrogens with one attached hydrogen (secondary N) is 1. The van der Waals surface area contributed by atoms with Gasteiger partial charge in [-0.05, 0) is 25.7 Å². The van der Waals surface area contributed by atoms with Gasteiger partial charge in [0.1, 0.15) is 12.1 Å². The molecule has 4 N–H and O–H groups in total. The molecule has 0 unspecified atom stereocenters. The van der Waals surface area contributed by atoms with Crippen molar-refractivity contribution in [1.82, 2.24) is 5.32 Å². The van der Waals surface area contributed by atoms with Crippen LogP contribution < -0.4 is 11.1 Å². The second-order valence-electron chi connectivity index (χ2n) is 5.50. The Morgan fingerprint density at radius 1 is 1.19 bits per heavy atom. The highest BCUT2D eigenvalue weighted by Gasteiger charge is 2.27. The first-order chi connectivity index (χ1) is 9.68. The monoisotopic (exact) mass is 302 g/mol. The second kappa shape index (κ2) is 9.33. The summed E-state index contributed by atoms with van der Waals surface area (Å²) in [5.74, 6) is -2.32. The summed E-state index contributed by atoms with van der Waals surface area (Å²) in [6.07, 6.45) is -0.885. The molecule has 0 aliphatic heterocycles. The van der Waals surface area contributed by atoms with Gasteiger partial charge in [0.2, 0.25) is 11.8 Å². The van der Waals surface area contributed by atoms with Crippen molar-refractivity contribution < 1.29 is 24.2 Å². The fourth-order valence-electron chi connectivity index (χ4n) is 1.80. The maximum Gasteiger partial charge on any atom is 0.308 e. The lowest BCUT2D eigenvalue weighted by Gasteiger charge is -2.21. The van der Waals surface area contributed by atoms with Crippen molar-refractivity contribution in [2.75, 3.05) is 6.61 Å². The van der Waals surface area contributed by atoms with Crippen LogP contribution in [0.25, 0.3) is 0 Å². The van der Waals surface area contributed by atoms with Crippen molar-refractivity contribution in [1.29, 1.82) is 0 Å². The third kappa shape index (κ3) is 7.65. The summed E-state index contributed by atoms with van der Waals surface area (Å²) in [6, 6.07) is -1.02. The van der Waals surface area contributed by atoms with Crippen LogP contribution in [-0.2, 0) is 19.1 Å². The van der Waals surface area contributed by atoms with Crippen LogP contribution in [0.2, 0.25) is 0 Å². The van der Waals surface area contributed by atoms with Gasteiger partial charge in [0.15, 0.2) is 0 Å². The standard InChI is InChI=1S/C14H26N2O5/c1-5-21-14(20)9(4)7-10(12(15)18)16-13(19)11(17)6-8(2)3/h8-11,17H,5-7H2,1-4H3,(H2,15,18)(H,16,19)/t9-,10+,11+/m0/s1. The first-order valence-electron chi connectivity index (χ1n) is 7.13. The van der Waals surface area contributed by atoms with E-state index in [2.05, 4.69) is 5.32 Å². The van der Waals surface area contributed by atoms with Crippen LogP contribution >= 0.6 is 0 Å². The molecule has 0 heterocycles. The quantitative estimate of drug-likeness (QED) is 0.516. The lowest BCUT2D eigenvalue weighted by molar-refractivity contribution is -0.148. The number of ether oxygens (including phenoxy) is 1. The molecule has 122 valence electrons. The Labute approximate surface area is 125 Å². The number of esters is 1. The lowest BCUT2D eigenvalue weighted by Crippen LogP contribution is -2.49. The van der Waals surface area contributed by atoms with E-state index < -0.39 is 35.8 Å². The van der Waals surface area contributed by atoms with Crippen molar-refractivity contribution in [3.8, 4) is 0 Å². The fourth-order valence-corrected chi connectivity index (χ4v) is 1.80. The fraction of sp³-hybridized carbons (Fsp3) is 0.786. The Hall–Kier alpha value is -1.63. The highest BCUT2D eigenvalue weighted by atomic mass is 16.5. The zero-order valence-corrected chi connectivity index (χ0v) is 13.1. The molecule has 0 saturated carbocycles. The first-order valence-corrected chi connectivity index (χ1v) is 7.13. The molecule has 0 aliphatic rings. The number of carbonyl (C=O) groups is 3. The molecule has 21 heavy (non-hydrogen) atoms. The van der Waals surface area contributed by atoms with Crippen molar-refractivity contribution >= 4 is 17.8 Å². The molecule has 0 aliphatic carbocycles. The number of nitrogens with two attached hydrogens (primary N) is 1. The van der Waals surface area contributed by atoms with E-state index >= 15 is 0 Å². The summed E-state index contributed by atoms with van der Waals surface area (Å²) >= 11 is 0. The summed E-state index contributed by atoms with van der Waals surface area (Å²) < 4.78 is 4.84. The number of hydrogen-bond donors (Lipinski definition) is 3. The Bertz CT molecular complexity index is 370. The number of hydrogen-bond acceptors (Lipinski definition) is 5. The zero-order chi connectivity index (χ0) is 16.6. The predicted molar refractivity (Wildman–Crippen MR) is 77.0 cm³/mol. The van der Waals surface area contributed by atoms with Crippen molar-refractivity contribution in [3.05, 3.63) is 0 Å². The molecular formula is C14H26N2O5. The molecule has 0 fully saturated rings. The summed E-state index contributed by atoms with van der Waals surface area (Å²) in [5, 5.41) is 12.1. The molecule has 0 radical (unpaired) electrons. The molecule has 0 bridgehead atoms. The molecule has 0 saturated heterocycles. The molecule has 3 atom stereocenters. The van der Waals surface area contributed by atoms with Crippen molar-refractivity contribution in [3.63, 3.8) is 0 Å². The molecule has 0 rings (SSSR count). The third-order valence-corrected chi connectivity index (χ3v) is 2.94. The SMILES string of the molecule is CCOC(=O)[C@@H](C)C[C@@H](NC(=O)[C@H](O)CC(C)C)C(N)=O. The average molecular weight is 302 g/mol. The van der Waals surface area contributed by atoms with Gasteiger partial charge in [-0.15, -0.1) is 0 Å². The van der Waals surface area contributed by atoms with E-state index in [4.69, 9.17) is 10.5 Å². The van der Waals surface area contributed by atoms with Crippen LogP contribution in [-0.4, -0.2) is 41.6 Å². The van der Waals surface area contributed by atoms with Crippen LogP contribution in [0, 0.1) is 11.8 Å². The molecule has 0 aromatic heterocycles. The maximum atomic E-state index is 11.8. The Kier molecular flexibility index (Phi) is 8.61. The molecule has 7 nitrogen and oxygen atoms in total. The van der Waals surface area contributed by atoms with Crippen LogP contribution in [0.15, 0.2) is 0 Å². The van der Waals surface area contributed by atoms with Gasteiger partial charge in [0.25, 0.3) is 0 Å². The van der Waals surface area contributed by atoms with E-state index in [1.54, 1.807) is 13.8 Å². The molecular weight excluding hydrogens is 276 g/mol.